The Labute approximate surface area is 46.9 Å². The van der Waals surface area contributed by atoms with Crippen LogP contribution in [-0.2, 0) is 9.53 Å². The first kappa shape index (κ1) is 6.75. The van der Waals surface area contributed by atoms with Crippen LogP contribution >= 0.6 is 0 Å². The molecular formula is C5H6O3. The second-order valence-electron chi connectivity index (χ2n) is 0.944. The van der Waals surface area contributed by atoms with Gasteiger partial charge in [0.05, 0.1) is 18.6 Å². The maximum atomic E-state index is 9.67. The Bertz CT molecular complexity index is 115. The average molecular weight is 114 g/mol. The first-order chi connectivity index (χ1) is 3.77. The average Bonchev–Trinajstić information content (AvgIpc) is 1.66. The van der Waals surface area contributed by atoms with Crippen molar-refractivity contribution in [3.8, 4) is 0 Å². The summed E-state index contributed by atoms with van der Waals surface area (Å²) < 4.78 is 4.35. The molecule has 0 radical (unpaired) electrons. The van der Waals surface area contributed by atoms with Gasteiger partial charge in [-0.2, -0.15) is 0 Å². The summed E-state index contributed by atoms with van der Waals surface area (Å²) in [5, 5.41) is 7.94. The van der Waals surface area contributed by atoms with Crippen molar-refractivity contribution in [1.29, 1.82) is 0 Å². The minimum atomic E-state index is -1.04. The molecule has 0 saturated heterocycles. The lowest BCUT2D eigenvalue weighted by molar-refractivity contribution is -0.131. The summed E-state index contributed by atoms with van der Waals surface area (Å²) in [6, 6.07) is 0. The Balaban J connectivity index is 3.34. The predicted molar refractivity (Wildman–Crippen MR) is 28.1 cm³/mol. The minimum absolute atomic E-state index is 0.877. The molecule has 0 aliphatic rings. The van der Waals surface area contributed by atoms with Crippen molar-refractivity contribution in [3.63, 3.8) is 0 Å². The van der Waals surface area contributed by atoms with Gasteiger partial charge in [0.1, 0.15) is 0 Å². The van der Waals surface area contributed by atoms with E-state index in [1.807, 2.05) is 0 Å². The molecule has 3 heteroatoms. The Kier molecular flexibility index (Phi) is 3.31. The van der Waals surface area contributed by atoms with E-state index >= 15 is 0 Å². The van der Waals surface area contributed by atoms with E-state index in [4.69, 9.17) is 5.11 Å². The zero-order valence-corrected chi connectivity index (χ0v) is 4.20. The summed E-state index contributed by atoms with van der Waals surface area (Å²) in [6.07, 6.45) is 3.05. The van der Waals surface area contributed by atoms with Crippen LogP contribution in [0.1, 0.15) is 0 Å². The molecule has 0 amide bonds. The first-order valence-corrected chi connectivity index (χ1v) is 1.93. The van der Waals surface area contributed by atoms with Crippen LogP contribution in [0, 0.1) is 0 Å². The zero-order valence-electron chi connectivity index (χ0n) is 4.20. The Hall–Kier alpha value is -1.25. The molecule has 0 fully saturated rings. The Morgan fingerprint density at radius 3 is 2.75 bits per heavy atom. The second kappa shape index (κ2) is 3.92. The summed E-state index contributed by atoms with van der Waals surface area (Å²) in [4.78, 5) is 9.67. The molecule has 1 N–H and O–H groups in total. The fourth-order valence-corrected chi connectivity index (χ4v) is 0.153. The van der Waals surface area contributed by atoms with Crippen molar-refractivity contribution in [1.82, 2.24) is 0 Å². The van der Waals surface area contributed by atoms with Crippen molar-refractivity contribution in [2.75, 3.05) is 0 Å². The largest absolute Gasteiger partial charge is 0.478 e. The standard InChI is InChI=1S/C5H6O3/c1-2-8-4-3-5(6)7/h2-4H,1H2,(H,6,7). The van der Waals surface area contributed by atoms with Crippen LogP contribution in [0.25, 0.3) is 0 Å². The molecular weight excluding hydrogens is 108 g/mol. The molecule has 8 heavy (non-hydrogen) atoms. The molecule has 3 nitrogen and oxygen atoms in total. The maximum Gasteiger partial charge on any atom is 0.331 e. The van der Waals surface area contributed by atoms with Gasteiger partial charge in [0.15, 0.2) is 0 Å². The molecule has 0 atom stereocenters. The van der Waals surface area contributed by atoms with Crippen molar-refractivity contribution >= 4 is 5.97 Å². The van der Waals surface area contributed by atoms with Gasteiger partial charge < -0.3 is 9.84 Å². The third-order valence-corrected chi connectivity index (χ3v) is 0.385. The second-order valence-corrected chi connectivity index (χ2v) is 0.944. The van der Waals surface area contributed by atoms with Crippen LogP contribution in [0.4, 0.5) is 0 Å². The highest BCUT2D eigenvalue weighted by atomic mass is 16.5. The summed E-state index contributed by atoms with van der Waals surface area (Å²) in [5.41, 5.74) is 0. The van der Waals surface area contributed by atoms with E-state index in [9.17, 15) is 4.79 Å². The van der Waals surface area contributed by atoms with E-state index in [2.05, 4.69) is 11.3 Å². The van der Waals surface area contributed by atoms with Crippen LogP contribution in [0.3, 0.4) is 0 Å². The summed E-state index contributed by atoms with van der Waals surface area (Å²) in [6.45, 7) is 3.19. The molecule has 0 bridgehead atoms. The summed E-state index contributed by atoms with van der Waals surface area (Å²) >= 11 is 0. The molecule has 0 aromatic rings. The van der Waals surface area contributed by atoms with Gasteiger partial charge >= 0.3 is 5.97 Å². The number of rotatable bonds is 3. The van der Waals surface area contributed by atoms with E-state index in [1.165, 1.54) is 0 Å². The van der Waals surface area contributed by atoms with Gasteiger partial charge in [0.25, 0.3) is 0 Å². The molecule has 0 heterocycles. The Morgan fingerprint density at radius 1 is 1.75 bits per heavy atom. The molecule has 0 saturated carbocycles. The number of aliphatic carboxylic acids is 1. The highest BCUT2D eigenvalue weighted by Gasteiger charge is 1.80. The highest BCUT2D eigenvalue weighted by molar-refractivity contribution is 5.79. The van der Waals surface area contributed by atoms with Gasteiger partial charge in [-0.05, 0) is 0 Å². The van der Waals surface area contributed by atoms with Crippen LogP contribution in [0.15, 0.2) is 25.2 Å². The lowest BCUT2D eigenvalue weighted by Crippen LogP contribution is -1.85. The van der Waals surface area contributed by atoms with E-state index in [0.29, 0.717) is 0 Å². The molecule has 0 aliphatic heterocycles. The van der Waals surface area contributed by atoms with Crippen LogP contribution in [-0.4, -0.2) is 11.1 Å². The lowest BCUT2D eigenvalue weighted by Gasteiger charge is -1.81. The van der Waals surface area contributed by atoms with Crippen molar-refractivity contribution in [3.05, 3.63) is 25.2 Å². The number of carboxylic acid groups (broad SMARTS) is 1. The first-order valence-electron chi connectivity index (χ1n) is 1.93. The number of ether oxygens (including phenoxy) is 1. The Morgan fingerprint density at radius 2 is 2.38 bits per heavy atom. The van der Waals surface area contributed by atoms with Crippen molar-refractivity contribution < 1.29 is 14.6 Å². The number of carboxylic acids is 1. The van der Waals surface area contributed by atoms with E-state index in [1.54, 1.807) is 0 Å². The summed E-state index contributed by atoms with van der Waals surface area (Å²) in [7, 11) is 0. The maximum absolute atomic E-state index is 9.67. The molecule has 0 aromatic carbocycles. The normalized spacial score (nSPS) is 9.00. The van der Waals surface area contributed by atoms with Crippen LogP contribution in [0.5, 0.6) is 0 Å². The molecule has 44 valence electrons. The number of hydrogen-bond acceptors (Lipinski definition) is 2. The fraction of sp³-hybridized carbons (Fsp3) is 0. The molecule has 0 aliphatic carbocycles. The highest BCUT2D eigenvalue weighted by Crippen LogP contribution is 1.75. The molecule has 0 spiro atoms. The summed E-state index contributed by atoms with van der Waals surface area (Å²) in [5.74, 6) is -1.04. The van der Waals surface area contributed by atoms with Crippen LogP contribution < -0.4 is 0 Å². The quantitative estimate of drug-likeness (QED) is 0.435. The van der Waals surface area contributed by atoms with Gasteiger partial charge in [0, 0.05) is 0 Å². The minimum Gasteiger partial charge on any atom is -0.478 e. The SMILES string of the molecule is C=COC=CC(=O)O. The molecule has 0 aromatic heterocycles. The van der Waals surface area contributed by atoms with Gasteiger partial charge in [-0.25, -0.2) is 4.79 Å². The van der Waals surface area contributed by atoms with E-state index < -0.39 is 5.97 Å². The van der Waals surface area contributed by atoms with Crippen molar-refractivity contribution in [2.24, 2.45) is 0 Å². The lowest BCUT2D eigenvalue weighted by atomic mass is 10.6. The third kappa shape index (κ3) is 4.75. The van der Waals surface area contributed by atoms with Crippen molar-refractivity contribution in [2.45, 2.75) is 0 Å². The van der Waals surface area contributed by atoms with Gasteiger partial charge in [-0.1, -0.05) is 6.58 Å². The van der Waals surface area contributed by atoms with Gasteiger partial charge in [0.2, 0.25) is 0 Å². The topological polar surface area (TPSA) is 46.5 Å². The van der Waals surface area contributed by atoms with Gasteiger partial charge in [-0.3, -0.25) is 0 Å². The van der Waals surface area contributed by atoms with Gasteiger partial charge in [-0.15, -0.1) is 0 Å². The zero-order chi connectivity index (χ0) is 6.41. The smallest absolute Gasteiger partial charge is 0.331 e. The van der Waals surface area contributed by atoms with Crippen LogP contribution in [0.2, 0.25) is 0 Å². The number of hydrogen-bond donors (Lipinski definition) is 1. The third-order valence-electron chi connectivity index (χ3n) is 0.385. The molecule has 0 rings (SSSR count). The molecule has 0 unspecified atom stereocenters. The van der Waals surface area contributed by atoms with E-state index in [0.717, 1.165) is 18.6 Å². The number of carbonyl (C=O) groups is 1. The fourth-order valence-electron chi connectivity index (χ4n) is 0.153. The van der Waals surface area contributed by atoms with E-state index in [-0.39, 0.29) is 0 Å². The predicted octanol–water partition coefficient (Wildman–Crippen LogP) is 0.745. The monoisotopic (exact) mass is 114 g/mol.